The second kappa shape index (κ2) is 6.69. The van der Waals surface area contributed by atoms with E-state index in [-0.39, 0.29) is 5.91 Å². The van der Waals surface area contributed by atoms with Crippen molar-refractivity contribution in [2.45, 2.75) is 32.9 Å². The first kappa shape index (κ1) is 15.3. The maximum Gasteiger partial charge on any atom is 0.222 e. The van der Waals surface area contributed by atoms with Crippen LogP contribution in [-0.2, 0) is 24.3 Å². The van der Waals surface area contributed by atoms with E-state index >= 15 is 0 Å². The topological polar surface area (TPSA) is 53.9 Å². The molecule has 0 fully saturated rings. The molecule has 0 saturated carbocycles. The van der Waals surface area contributed by atoms with Crippen molar-refractivity contribution in [2.24, 2.45) is 0 Å². The first-order chi connectivity index (χ1) is 11.2. The van der Waals surface area contributed by atoms with Crippen molar-refractivity contribution in [3.63, 3.8) is 0 Å². The highest BCUT2D eigenvalue weighted by atomic mass is 16.2. The van der Waals surface area contributed by atoms with E-state index in [4.69, 9.17) is 0 Å². The molecule has 0 spiro atoms. The number of hydrogen-bond acceptors (Lipinski definition) is 2. The zero-order valence-electron chi connectivity index (χ0n) is 13.6. The van der Waals surface area contributed by atoms with Crippen LogP contribution in [0.3, 0.4) is 0 Å². The molecule has 0 bridgehead atoms. The fourth-order valence-corrected chi connectivity index (χ4v) is 2.77. The molecule has 0 atom stereocenters. The van der Waals surface area contributed by atoms with Crippen molar-refractivity contribution in [1.29, 1.82) is 0 Å². The Labute approximate surface area is 135 Å². The van der Waals surface area contributed by atoms with E-state index in [0.29, 0.717) is 13.0 Å². The summed E-state index contributed by atoms with van der Waals surface area (Å²) < 4.78 is 1.87. The highest BCUT2D eigenvalue weighted by Crippen LogP contribution is 2.19. The highest BCUT2D eigenvalue weighted by molar-refractivity contribution is 5.84. The van der Waals surface area contributed by atoms with Gasteiger partial charge in [0.05, 0.1) is 12.2 Å². The molecule has 0 radical (unpaired) electrons. The molecule has 3 rings (SSSR count). The SMILES string of the molecule is CCn1ccc(CN(C)C(=O)CCc2c[nH]c3ccccc23)n1. The molecule has 0 aliphatic heterocycles. The first-order valence-corrected chi connectivity index (χ1v) is 7.98. The Bertz CT molecular complexity index is 802. The second-order valence-electron chi connectivity index (χ2n) is 5.77. The van der Waals surface area contributed by atoms with Gasteiger partial charge in [0.1, 0.15) is 0 Å². The van der Waals surface area contributed by atoms with Crippen LogP contribution in [0.2, 0.25) is 0 Å². The quantitative estimate of drug-likeness (QED) is 0.761. The fraction of sp³-hybridized carbons (Fsp3) is 0.333. The van der Waals surface area contributed by atoms with Gasteiger partial charge in [-0.3, -0.25) is 9.48 Å². The number of nitrogens with one attached hydrogen (secondary N) is 1. The number of para-hydroxylation sites is 1. The molecule has 120 valence electrons. The summed E-state index contributed by atoms with van der Waals surface area (Å²) in [5, 5.41) is 5.62. The van der Waals surface area contributed by atoms with Gasteiger partial charge in [0.2, 0.25) is 5.91 Å². The van der Waals surface area contributed by atoms with Crippen molar-refractivity contribution < 1.29 is 4.79 Å². The summed E-state index contributed by atoms with van der Waals surface area (Å²) in [6.45, 7) is 3.45. The summed E-state index contributed by atoms with van der Waals surface area (Å²) in [4.78, 5) is 17.3. The molecule has 0 saturated heterocycles. The summed E-state index contributed by atoms with van der Waals surface area (Å²) in [5.41, 5.74) is 3.24. The zero-order chi connectivity index (χ0) is 16.2. The van der Waals surface area contributed by atoms with Gasteiger partial charge in [-0.1, -0.05) is 18.2 Å². The third-order valence-electron chi connectivity index (χ3n) is 4.13. The van der Waals surface area contributed by atoms with Crippen LogP contribution in [-0.4, -0.2) is 32.6 Å². The number of aromatic nitrogens is 3. The van der Waals surface area contributed by atoms with E-state index in [0.717, 1.165) is 24.2 Å². The van der Waals surface area contributed by atoms with Gasteiger partial charge in [0, 0.05) is 43.3 Å². The predicted molar refractivity (Wildman–Crippen MR) is 91.0 cm³/mol. The number of amides is 1. The maximum atomic E-state index is 12.3. The minimum Gasteiger partial charge on any atom is -0.361 e. The van der Waals surface area contributed by atoms with Crippen molar-refractivity contribution >= 4 is 16.8 Å². The van der Waals surface area contributed by atoms with Crippen LogP contribution in [0.15, 0.2) is 42.7 Å². The van der Waals surface area contributed by atoms with E-state index < -0.39 is 0 Å². The average Bonchev–Trinajstić information content (AvgIpc) is 3.19. The van der Waals surface area contributed by atoms with Gasteiger partial charge in [-0.2, -0.15) is 5.10 Å². The molecular weight excluding hydrogens is 288 g/mol. The van der Waals surface area contributed by atoms with Crippen molar-refractivity contribution in [3.8, 4) is 0 Å². The summed E-state index contributed by atoms with van der Waals surface area (Å²) in [5.74, 6) is 0.140. The predicted octanol–water partition coefficient (Wildman–Crippen LogP) is 2.98. The molecule has 1 amide bonds. The van der Waals surface area contributed by atoms with Crippen LogP contribution in [0.4, 0.5) is 0 Å². The summed E-state index contributed by atoms with van der Waals surface area (Å²) in [6.07, 6.45) is 5.20. The number of benzene rings is 1. The molecule has 0 aliphatic carbocycles. The normalized spacial score (nSPS) is 11.0. The van der Waals surface area contributed by atoms with E-state index in [9.17, 15) is 4.79 Å². The number of aromatic amines is 1. The molecule has 3 aromatic rings. The van der Waals surface area contributed by atoms with Crippen molar-refractivity contribution in [2.75, 3.05) is 7.05 Å². The fourth-order valence-electron chi connectivity index (χ4n) is 2.77. The molecule has 5 heteroatoms. The molecule has 0 aliphatic rings. The lowest BCUT2D eigenvalue weighted by atomic mass is 10.1. The van der Waals surface area contributed by atoms with Crippen LogP contribution in [0.25, 0.3) is 10.9 Å². The van der Waals surface area contributed by atoms with Gasteiger partial charge in [-0.25, -0.2) is 0 Å². The number of carbonyl (C=O) groups excluding carboxylic acids is 1. The van der Waals surface area contributed by atoms with Crippen molar-refractivity contribution in [3.05, 3.63) is 54.0 Å². The Hall–Kier alpha value is -2.56. The largest absolute Gasteiger partial charge is 0.361 e. The van der Waals surface area contributed by atoms with Gasteiger partial charge >= 0.3 is 0 Å². The molecule has 1 N–H and O–H groups in total. The van der Waals surface area contributed by atoms with Gasteiger partial charge in [0.15, 0.2) is 0 Å². The average molecular weight is 310 g/mol. The van der Waals surface area contributed by atoms with Gasteiger partial charge in [0.25, 0.3) is 0 Å². The maximum absolute atomic E-state index is 12.3. The molecule has 1 aromatic carbocycles. The van der Waals surface area contributed by atoms with E-state index in [2.05, 4.69) is 22.2 Å². The highest BCUT2D eigenvalue weighted by Gasteiger charge is 2.12. The number of fused-ring (bicyclic) bond motifs is 1. The minimum atomic E-state index is 0.140. The Morgan fingerprint density at radius 2 is 2.13 bits per heavy atom. The molecule has 23 heavy (non-hydrogen) atoms. The molecule has 5 nitrogen and oxygen atoms in total. The smallest absolute Gasteiger partial charge is 0.222 e. The van der Waals surface area contributed by atoms with Crippen LogP contribution in [0.1, 0.15) is 24.6 Å². The molecular formula is C18H22N4O. The number of aryl methyl sites for hydroxylation is 2. The number of H-pyrrole nitrogens is 1. The van der Waals surface area contributed by atoms with Crippen molar-refractivity contribution in [1.82, 2.24) is 19.7 Å². The van der Waals surface area contributed by atoms with E-state index in [1.807, 2.05) is 49.2 Å². The Kier molecular flexibility index (Phi) is 4.46. The van der Waals surface area contributed by atoms with Gasteiger partial charge < -0.3 is 9.88 Å². The van der Waals surface area contributed by atoms with Gasteiger partial charge in [-0.15, -0.1) is 0 Å². The number of nitrogens with zero attached hydrogens (tertiary/aromatic N) is 3. The van der Waals surface area contributed by atoms with E-state index in [1.165, 1.54) is 10.9 Å². The van der Waals surface area contributed by atoms with Gasteiger partial charge in [-0.05, 0) is 31.0 Å². The lowest BCUT2D eigenvalue weighted by Gasteiger charge is -2.15. The van der Waals surface area contributed by atoms with Crippen LogP contribution in [0.5, 0.6) is 0 Å². The first-order valence-electron chi connectivity index (χ1n) is 7.98. The minimum absolute atomic E-state index is 0.140. The molecule has 2 aromatic heterocycles. The lowest BCUT2D eigenvalue weighted by Crippen LogP contribution is -2.26. The lowest BCUT2D eigenvalue weighted by molar-refractivity contribution is -0.130. The summed E-state index contributed by atoms with van der Waals surface area (Å²) >= 11 is 0. The Balaban J connectivity index is 1.58. The number of rotatable bonds is 6. The monoisotopic (exact) mass is 310 g/mol. The van der Waals surface area contributed by atoms with Crippen LogP contribution in [0, 0.1) is 0 Å². The van der Waals surface area contributed by atoms with E-state index in [1.54, 1.807) is 4.90 Å². The third kappa shape index (κ3) is 3.44. The third-order valence-corrected chi connectivity index (χ3v) is 4.13. The Morgan fingerprint density at radius 1 is 1.30 bits per heavy atom. The molecule has 2 heterocycles. The second-order valence-corrected chi connectivity index (χ2v) is 5.77. The molecule has 0 unspecified atom stereocenters. The number of hydrogen-bond donors (Lipinski definition) is 1. The number of carbonyl (C=O) groups is 1. The van der Waals surface area contributed by atoms with Crippen LogP contribution < -0.4 is 0 Å². The van der Waals surface area contributed by atoms with Crippen LogP contribution >= 0.6 is 0 Å². The Morgan fingerprint density at radius 3 is 2.91 bits per heavy atom. The summed E-state index contributed by atoms with van der Waals surface area (Å²) in [7, 11) is 1.84. The zero-order valence-corrected chi connectivity index (χ0v) is 13.6. The standard InChI is InChI=1S/C18H22N4O/c1-3-22-11-10-15(20-22)13-21(2)18(23)9-8-14-12-19-17-7-5-4-6-16(14)17/h4-7,10-12,19H,3,8-9,13H2,1-2H3. The summed E-state index contributed by atoms with van der Waals surface area (Å²) in [6, 6.07) is 10.1.